The molecule has 0 aliphatic rings. The summed E-state index contributed by atoms with van der Waals surface area (Å²) in [4.78, 5) is 12.5. The standard InChI is InChI=1S/C10H12N4O5/c11-13-12-4-9(16)10(17)6-1-2-7(5-15)8(3-6)14(18)19/h1-3,9-10,15-17H,4-5H2. The molecule has 0 spiro atoms. The van der Waals surface area contributed by atoms with Gasteiger partial charge in [-0.15, -0.1) is 0 Å². The maximum atomic E-state index is 10.8. The Labute approximate surface area is 107 Å². The molecule has 102 valence electrons. The molecule has 1 rings (SSSR count). The van der Waals surface area contributed by atoms with Crippen LogP contribution in [0, 0.1) is 10.1 Å². The minimum atomic E-state index is -1.42. The summed E-state index contributed by atoms with van der Waals surface area (Å²) in [6.07, 6.45) is -2.78. The van der Waals surface area contributed by atoms with Crippen LogP contribution in [-0.2, 0) is 6.61 Å². The lowest BCUT2D eigenvalue weighted by atomic mass is 10.0. The van der Waals surface area contributed by atoms with Crippen molar-refractivity contribution in [2.45, 2.75) is 18.8 Å². The van der Waals surface area contributed by atoms with Gasteiger partial charge in [-0.05, 0) is 17.2 Å². The summed E-state index contributed by atoms with van der Waals surface area (Å²) >= 11 is 0. The van der Waals surface area contributed by atoms with Gasteiger partial charge in [0, 0.05) is 11.0 Å². The number of azide groups is 1. The lowest BCUT2D eigenvalue weighted by molar-refractivity contribution is -0.386. The van der Waals surface area contributed by atoms with Crippen molar-refractivity contribution >= 4 is 5.69 Å². The van der Waals surface area contributed by atoms with Crippen molar-refractivity contribution in [1.29, 1.82) is 0 Å². The first-order valence-electron chi connectivity index (χ1n) is 5.26. The molecular formula is C10H12N4O5. The van der Waals surface area contributed by atoms with Crippen LogP contribution in [-0.4, -0.2) is 32.9 Å². The van der Waals surface area contributed by atoms with E-state index in [1.807, 2.05) is 0 Å². The molecule has 1 aromatic rings. The topological polar surface area (TPSA) is 153 Å². The van der Waals surface area contributed by atoms with Crippen LogP contribution in [0.3, 0.4) is 0 Å². The molecule has 3 N–H and O–H groups in total. The summed E-state index contributed by atoms with van der Waals surface area (Å²) in [5, 5.41) is 42.1. The third-order valence-electron chi connectivity index (χ3n) is 2.51. The second-order valence-electron chi connectivity index (χ2n) is 3.73. The number of nitrogens with zero attached hydrogens (tertiary/aromatic N) is 4. The van der Waals surface area contributed by atoms with E-state index in [0.717, 1.165) is 6.07 Å². The number of aliphatic hydroxyl groups excluding tert-OH is 3. The zero-order valence-electron chi connectivity index (χ0n) is 9.75. The lowest BCUT2D eigenvalue weighted by Gasteiger charge is -2.16. The molecule has 9 nitrogen and oxygen atoms in total. The average Bonchev–Trinajstić information content (AvgIpc) is 2.42. The quantitative estimate of drug-likeness (QED) is 0.229. The fourth-order valence-corrected chi connectivity index (χ4v) is 1.51. The summed E-state index contributed by atoms with van der Waals surface area (Å²) in [7, 11) is 0. The fraction of sp³-hybridized carbons (Fsp3) is 0.400. The first kappa shape index (κ1) is 14.9. The van der Waals surface area contributed by atoms with E-state index in [4.69, 9.17) is 10.6 Å². The Kier molecular flexibility index (Phi) is 5.22. The van der Waals surface area contributed by atoms with Crippen molar-refractivity contribution in [2.24, 2.45) is 5.11 Å². The molecule has 1 aromatic carbocycles. The van der Waals surface area contributed by atoms with Crippen molar-refractivity contribution in [3.8, 4) is 0 Å². The molecule has 19 heavy (non-hydrogen) atoms. The molecule has 0 aliphatic heterocycles. The van der Waals surface area contributed by atoms with Gasteiger partial charge in [0.15, 0.2) is 0 Å². The van der Waals surface area contributed by atoms with Gasteiger partial charge >= 0.3 is 0 Å². The third kappa shape index (κ3) is 3.63. The van der Waals surface area contributed by atoms with Crippen LogP contribution in [0.15, 0.2) is 23.3 Å². The van der Waals surface area contributed by atoms with E-state index < -0.39 is 23.7 Å². The Morgan fingerprint density at radius 3 is 2.68 bits per heavy atom. The van der Waals surface area contributed by atoms with Gasteiger partial charge in [0.1, 0.15) is 6.10 Å². The minimum Gasteiger partial charge on any atom is -0.391 e. The van der Waals surface area contributed by atoms with Gasteiger partial charge in [0.25, 0.3) is 5.69 Å². The molecule has 2 unspecified atom stereocenters. The predicted octanol–water partition coefficient (Wildman–Crippen LogP) is 0.792. The highest BCUT2D eigenvalue weighted by atomic mass is 16.6. The van der Waals surface area contributed by atoms with Crippen LogP contribution in [0.25, 0.3) is 10.4 Å². The number of hydrogen-bond acceptors (Lipinski definition) is 6. The monoisotopic (exact) mass is 268 g/mol. The van der Waals surface area contributed by atoms with E-state index in [2.05, 4.69) is 10.0 Å². The smallest absolute Gasteiger partial charge is 0.275 e. The first-order valence-corrected chi connectivity index (χ1v) is 5.26. The highest BCUT2D eigenvalue weighted by molar-refractivity contribution is 5.43. The average molecular weight is 268 g/mol. The molecule has 0 saturated carbocycles. The summed E-state index contributed by atoms with van der Waals surface area (Å²) in [5.74, 6) is 0. The van der Waals surface area contributed by atoms with Crippen LogP contribution in [0.5, 0.6) is 0 Å². The second-order valence-corrected chi connectivity index (χ2v) is 3.73. The normalized spacial score (nSPS) is 13.4. The highest BCUT2D eigenvalue weighted by Crippen LogP contribution is 2.25. The van der Waals surface area contributed by atoms with Gasteiger partial charge in [0.2, 0.25) is 0 Å². The molecule has 0 heterocycles. The van der Waals surface area contributed by atoms with Gasteiger partial charge in [-0.25, -0.2) is 0 Å². The van der Waals surface area contributed by atoms with Crippen molar-refractivity contribution in [3.05, 3.63) is 49.9 Å². The maximum Gasteiger partial charge on any atom is 0.275 e. The molecule has 0 radical (unpaired) electrons. The number of hydrogen-bond donors (Lipinski definition) is 3. The van der Waals surface area contributed by atoms with Crippen LogP contribution in [0.1, 0.15) is 17.2 Å². The van der Waals surface area contributed by atoms with Crippen LogP contribution >= 0.6 is 0 Å². The SMILES string of the molecule is [N-]=[N+]=NCC(O)C(O)c1ccc(CO)c([N+](=O)[O-])c1. The number of benzene rings is 1. The van der Waals surface area contributed by atoms with Crippen LogP contribution in [0.4, 0.5) is 5.69 Å². The molecule has 9 heteroatoms. The number of nitro groups is 1. The minimum absolute atomic E-state index is 0.101. The molecule has 0 aliphatic carbocycles. The predicted molar refractivity (Wildman–Crippen MR) is 64.0 cm³/mol. The summed E-state index contributed by atoms with van der Waals surface area (Å²) < 4.78 is 0. The number of aliphatic hydroxyl groups is 3. The van der Waals surface area contributed by atoms with E-state index in [9.17, 15) is 20.3 Å². The van der Waals surface area contributed by atoms with Crippen molar-refractivity contribution in [2.75, 3.05) is 6.54 Å². The molecule has 0 aromatic heterocycles. The molecule has 0 amide bonds. The van der Waals surface area contributed by atoms with Gasteiger partial charge in [-0.2, -0.15) is 0 Å². The van der Waals surface area contributed by atoms with E-state index in [1.54, 1.807) is 0 Å². The van der Waals surface area contributed by atoms with E-state index in [0.29, 0.717) is 0 Å². The zero-order chi connectivity index (χ0) is 14.4. The Morgan fingerprint density at radius 2 is 2.16 bits per heavy atom. The van der Waals surface area contributed by atoms with E-state index >= 15 is 0 Å². The number of rotatable bonds is 6. The highest BCUT2D eigenvalue weighted by Gasteiger charge is 2.21. The number of nitro benzene ring substituents is 1. The molecule has 2 atom stereocenters. The molecule has 0 bridgehead atoms. The second kappa shape index (κ2) is 6.66. The van der Waals surface area contributed by atoms with Crippen molar-refractivity contribution in [3.63, 3.8) is 0 Å². The fourth-order valence-electron chi connectivity index (χ4n) is 1.51. The maximum absolute atomic E-state index is 10.8. The molecule has 0 fully saturated rings. The molecular weight excluding hydrogens is 256 g/mol. The summed E-state index contributed by atoms with van der Waals surface area (Å²) in [6, 6.07) is 3.70. The van der Waals surface area contributed by atoms with Gasteiger partial charge < -0.3 is 15.3 Å². The van der Waals surface area contributed by atoms with Crippen LogP contribution in [0.2, 0.25) is 0 Å². The largest absolute Gasteiger partial charge is 0.391 e. The molecule has 0 saturated heterocycles. The van der Waals surface area contributed by atoms with Crippen LogP contribution < -0.4 is 0 Å². The van der Waals surface area contributed by atoms with Crippen molar-refractivity contribution < 1.29 is 20.2 Å². The summed E-state index contributed by atoms with van der Waals surface area (Å²) in [6.45, 7) is -0.860. The van der Waals surface area contributed by atoms with E-state index in [1.165, 1.54) is 12.1 Å². The van der Waals surface area contributed by atoms with Crippen molar-refractivity contribution in [1.82, 2.24) is 0 Å². The van der Waals surface area contributed by atoms with Gasteiger partial charge in [-0.1, -0.05) is 11.2 Å². The lowest BCUT2D eigenvalue weighted by Crippen LogP contribution is -2.21. The Morgan fingerprint density at radius 1 is 1.47 bits per heavy atom. The summed E-state index contributed by atoms with van der Waals surface area (Å²) in [5.41, 5.74) is 7.95. The van der Waals surface area contributed by atoms with Gasteiger partial charge in [0.05, 0.1) is 29.7 Å². The zero-order valence-corrected chi connectivity index (χ0v) is 9.75. The Balaban J connectivity index is 3.04. The van der Waals surface area contributed by atoms with Gasteiger partial charge in [-0.3, -0.25) is 10.1 Å². The first-order chi connectivity index (χ1) is 9.01. The third-order valence-corrected chi connectivity index (χ3v) is 2.51. The Bertz CT molecular complexity index is 515. The van der Waals surface area contributed by atoms with E-state index in [-0.39, 0.29) is 23.4 Å². The Hall–Kier alpha value is -2.19.